The van der Waals surface area contributed by atoms with Crippen LogP contribution < -0.4 is 24.4 Å². The molecular formula is C31H25Cl2IN2O5S. The summed E-state index contributed by atoms with van der Waals surface area (Å²) in [6, 6.07) is 17.7. The van der Waals surface area contributed by atoms with E-state index >= 15 is 0 Å². The molecule has 1 aliphatic heterocycles. The van der Waals surface area contributed by atoms with Gasteiger partial charge in [0.15, 0.2) is 16.3 Å². The van der Waals surface area contributed by atoms with E-state index in [-0.39, 0.29) is 12.2 Å². The zero-order valence-electron chi connectivity index (χ0n) is 22.8. The van der Waals surface area contributed by atoms with Gasteiger partial charge in [-0.15, -0.1) is 0 Å². The van der Waals surface area contributed by atoms with E-state index in [1.807, 2.05) is 55.5 Å². The third kappa shape index (κ3) is 6.01. The first-order valence-corrected chi connectivity index (χ1v) is 15.5. The van der Waals surface area contributed by atoms with E-state index in [4.69, 9.17) is 42.4 Å². The van der Waals surface area contributed by atoms with Gasteiger partial charge in [-0.25, -0.2) is 9.79 Å². The maximum Gasteiger partial charge on any atom is 0.338 e. The average Bonchev–Trinajstić information content (AvgIpc) is 3.30. The summed E-state index contributed by atoms with van der Waals surface area (Å²) < 4.78 is 19.7. The van der Waals surface area contributed by atoms with Gasteiger partial charge >= 0.3 is 5.97 Å². The molecule has 1 aromatic heterocycles. The van der Waals surface area contributed by atoms with Crippen LogP contribution in [0.4, 0.5) is 0 Å². The van der Waals surface area contributed by atoms with Gasteiger partial charge in [0.2, 0.25) is 0 Å². The number of rotatable bonds is 8. The van der Waals surface area contributed by atoms with Crippen molar-refractivity contribution in [2.24, 2.45) is 4.99 Å². The Balaban J connectivity index is 1.58. The zero-order valence-corrected chi connectivity index (χ0v) is 27.3. The van der Waals surface area contributed by atoms with Gasteiger partial charge in [-0.1, -0.05) is 77.9 Å². The number of ether oxygens (including phenoxy) is 3. The largest absolute Gasteiger partial charge is 0.493 e. The number of fused-ring (bicyclic) bond motifs is 1. The standard InChI is InChI=1S/C31H25Cl2IN2O5S/c1-4-23-26(30(38)40-3)27(18-8-6-5-7-9-18)36-29(37)25(42-31(36)35-23)14-17-12-22(34)28(24(13-17)39-2)41-16-19-10-11-20(32)15-21(19)33/h5-15,27H,4,16H2,1-3H3/b25-14-/t27-/m0/s1. The lowest BCUT2D eigenvalue weighted by atomic mass is 9.95. The number of benzene rings is 3. The van der Waals surface area contributed by atoms with Gasteiger partial charge in [0.25, 0.3) is 5.56 Å². The van der Waals surface area contributed by atoms with Gasteiger partial charge in [-0.2, -0.15) is 0 Å². The third-order valence-electron chi connectivity index (χ3n) is 6.70. The van der Waals surface area contributed by atoms with Gasteiger partial charge in [0.05, 0.1) is 39.6 Å². The summed E-state index contributed by atoms with van der Waals surface area (Å²) in [5.41, 5.74) is 3.04. The molecule has 1 atom stereocenters. The molecule has 42 heavy (non-hydrogen) atoms. The summed E-state index contributed by atoms with van der Waals surface area (Å²) in [6.45, 7) is 2.15. The maximum atomic E-state index is 13.9. The van der Waals surface area contributed by atoms with Gasteiger partial charge in [0.1, 0.15) is 6.61 Å². The summed E-state index contributed by atoms with van der Waals surface area (Å²) in [4.78, 5) is 32.1. The van der Waals surface area contributed by atoms with Crippen LogP contribution in [0.3, 0.4) is 0 Å². The maximum absolute atomic E-state index is 13.9. The lowest BCUT2D eigenvalue weighted by Gasteiger charge is -2.25. The fraction of sp³-hybridized carbons (Fsp3) is 0.194. The first-order valence-electron chi connectivity index (χ1n) is 12.9. The Morgan fingerprint density at radius 1 is 1.12 bits per heavy atom. The number of esters is 1. The van der Waals surface area contributed by atoms with Gasteiger partial charge in [0, 0.05) is 15.6 Å². The summed E-state index contributed by atoms with van der Waals surface area (Å²) in [6.07, 6.45) is 2.31. The van der Waals surface area contributed by atoms with E-state index in [1.165, 1.54) is 18.4 Å². The second-order valence-corrected chi connectivity index (χ2v) is 12.3. The second-order valence-electron chi connectivity index (χ2n) is 9.26. The number of nitrogens with zero attached hydrogens (tertiary/aromatic N) is 2. The van der Waals surface area contributed by atoms with Crippen LogP contribution in [0, 0.1) is 3.57 Å². The summed E-state index contributed by atoms with van der Waals surface area (Å²) in [7, 11) is 2.90. The Hall–Kier alpha value is -3.12. The van der Waals surface area contributed by atoms with E-state index in [0.717, 1.165) is 20.3 Å². The van der Waals surface area contributed by atoms with Crippen molar-refractivity contribution in [2.45, 2.75) is 26.0 Å². The normalized spacial score (nSPS) is 14.8. The topological polar surface area (TPSA) is 79.1 Å². The number of thiazole rings is 1. The van der Waals surface area contributed by atoms with Crippen LogP contribution in [0.1, 0.15) is 36.1 Å². The lowest BCUT2D eigenvalue weighted by molar-refractivity contribution is -0.136. The van der Waals surface area contributed by atoms with Gasteiger partial charge < -0.3 is 14.2 Å². The fourth-order valence-electron chi connectivity index (χ4n) is 4.72. The molecule has 0 radical (unpaired) electrons. The number of allylic oxidation sites excluding steroid dienone is 1. The van der Waals surface area contributed by atoms with Crippen molar-refractivity contribution in [3.8, 4) is 11.5 Å². The molecule has 0 aliphatic carbocycles. The van der Waals surface area contributed by atoms with Crippen molar-refractivity contribution >= 4 is 69.2 Å². The number of aromatic nitrogens is 1. The first-order chi connectivity index (χ1) is 20.2. The third-order valence-corrected chi connectivity index (χ3v) is 9.07. The Labute approximate surface area is 269 Å². The van der Waals surface area contributed by atoms with Crippen molar-refractivity contribution in [3.05, 3.63) is 122 Å². The SMILES string of the molecule is CCC1=C(C(=O)OC)[C@H](c2ccccc2)n2c(s/c(=C\c3cc(I)c(OCc4ccc(Cl)cc4Cl)c(OC)c3)c2=O)=N1. The number of methoxy groups -OCH3 is 2. The number of carbonyl (C=O) groups is 1. The highest BCUT2D eigenvalue weighted by atomic mass is 127. The lowest BCUT2D eigenvalue weighted by Crippen LogP contribution is -2.40. The highest BCUT2D eigenvalue weighted by molar-refractivity contribution is 14.1. The minimum atomic E-state index is -0.655. The molecule has 0 N–H and O–H groups in total. The van der Waals surface area contributed by atoms with Crippen LogP contribution in [0.15, 0.2) is 81.7 Å². The molecule has 0 fully saturated rings. The van der Waals surface area contributed by atoms with Crippen molar-refractivity contribution in [1.82, 2.24) is 4.57 Å². The van der Waals surface area contributed by atoms with E-state index in [0.29, 0.717) is 48.6 Å². The smallest absolute Gasteiger partial charge is 0.338 e. The Kier molecular flexibility index (Phi) is 9.41. The van der Waals surface area contributed by atoms with Crippen molar-refractivity contribution in [1.29, 1.82) is 0 Å². The molecule has 0 saturated heterocycles. The minimum Gasteiger partial charge on any atom is -0.493 e. The van der Waals surface area contributed by atoms with Crippen LogP contribution in [0.2, 0.25) is 10.0 Å². The molecule has 0 amide bonds. The van der Waals surface area contributed by atoms with Crippen LogP contribution in [0.5, 0.6) is 11.5 Å². The molecule has 2 heterocycles. The minimum absolute atomic E-state index is 0.224. The molecule has 0 unspecified atom stereocenters. The molecule has 0 saturated carbocycles. The number of carbonyl (C=O) groups excluding carboxylic acids is 1. The molecular weight excluding hydrogens is 710 g/mol. The Morgan fingerprint density at radius 2 is 1.88 bits per heavy atom. The Morgan fingerprint density at radius 3 is 2.55 bits per heavy atom. The molecule has 5 rings (SSSR count). The predicted octanol–water partition coefficient (Wildman–Crippen LogP) is 6.30. The summed E-state index contributed by atoms with van der Waals surface area (Å²) in [5.74, 6) is 0.560. The second kappa shape index (κ2) is 13.0. The first kappa shape index (κ1) is 30.3. The van der Waals surface area contributed by atoms with E-state index in [2.05, 4.69) is 22.6 Å². The van der Waals surface area contributed by atoms with Crippen molar-refractivity contribution in [2.75, 3.05) is 14.2 Å². The molecule has 4 aromatic rings. The van der Waals surface area contributed by atoms with Gasteiger partial charge in [-0.3, -0.25) is 9.36 Å². The monoisotopic (exact) mass is 734 g/mol. The molecule has 3 aromatic carbocycles. The zero-order chi connectivity index (χ0) is 30.0. The molecule has 7 nitrogen and oxygen atoms in total. The van der Waals surface area contributed by atoms with Crippen molar-refractivity contribution in [3.63, 3.8) is 0 Å². The molecule has 0 bridgehead atoms. The van der Waals surface area contributed by atoms with Crippen LogP contribution in [-0.2, 0) is 16.1 Å². The summed E-state index contributed by atoms with van der Waals surface area (Å²) in [5, 5.41) is 1.06. The highest BCUT2D eigenvalue weighted by Crippen LogP contribution is 2.36. The molecule has 1 aliphatic rings. The van der Waals surface area contributed by atoms with Gasteiger partial charge in [-0.05, 0) is 70.5 Å². The summed E-state index contributed by atoms with van der Waals surface area (Å²) >= 11 is 15.8. The number of halogens is 3. The Bertz CT molecular complexity index is 1890. The molecule has 11 heteroatoms. The predicted molar refractivity (Wildman–Crippen MR) is 173 cm³/mol. The average molecular weight is 735 g/mol. The quantitative estimate of drug-likeness (QED) is 0.157. The van der Waals surface area contributed by atoms with Crippen LogP contribution in [0.25, 0.3) is 6.08 Å². The van der Waals surface area contributed by atoms with E-state index < -0.39 is 12.0 Å². The number of hydrogen-bond donors (Lipinski definition) is 0. The van der Waals surface area contributed by atoms with Crippen LogP contribution >= 0.6 is 57.1 Å². The van der Waals surface area contributed by atoms with E-state index in [1.54, 1.807) is 29.9 Å². The van der Waals surface area contributed by atoms with Crippen LogP contribution in [-0.4, -0.2) is 24.8 Å². The van der Waals surface area contributed by atoms with E-state index in [9.17, 15) is 9.59 Å². The number of hydrogen-bond acceptors (Lipinski definition) is 7. The van der Waals surface area contributed by atoms with Crippen molar-refractivity contribution < 1.29 is 19.0 Å². The highest BCUT2D eigenvalue weighted by Gasteiger charge is 2.33. The molecule has 0 spiro atoms. The molecule has 216 valence electrons. The fourth-order valence-corrected chi connectivity index (χ4v) is 6.98.